The molecule has 0 bridgehead atoms. The molecule has 0 N–H and O–H groups in total. The van der Waals surface area contributed by atoms with E-state index in [1.807, 2.05) is 139 Å². The fourth-order valence-corrected chi connectivity index (χ4v) is 17.3. The van der Waals surface area contributed by atoms with Crippen molar-refractivity contribution in [3.8, 4) is 11.1 Å². The van der Waals surface area contributed by atoms with Crippen LogP contribution >= 0.6 is 11.3 Å². The molecule has 0 unspecified atom stereocenters. The van der Waals surface area contributed by atoms with Crippen molar-refractivity contribution in [3.05, 3.63) is 183 Å². The zero-order valence-electron chi connectivity index (χ0n) is 84.7. The van der Waals surface area contributed by atoms with E-state index in [0.717, 1.165) is 88.7 Å². The number of carbonyl (C=O) groups is 6. The molecule has 1 saturated carbocycles. The molecule has 0 amide bonds. The fourth-order valence-electron chi connectivity index (χ4n) is 16.8. The molecule has 1 aliphatic rings. The van der Waals surface area contributed by atoms with Gasteiger partial charge in [0.1, 0.15) is 34.7 Å². The molecule has 0 radical (unpaired) electrons. The van der Waals surface area contributed by atoms with Crippen molar-refractivity contribution in [2.75, 3.05) is 0 Å². The standard InChI is InChI=1S/C24H32O.2C19H30O.C18H34O.C18H28O.C15H25NOS/c1-23(2,3)17-21(22(25)24(4,5)6)16-18-12-14-20(15-13-18)19-10-8-7-9-11-19;2*1-14-8-10-15(11-9-14)12-16(13-18(2,3)4)17(20)19(5,6)7;2*1-17(2,3)13-15(16(19)18(4,5)6)12-14-10-8-7-9-11-14;1-14(2,3)8-11(13(17)15(4,5)6)7-12-9-18-10-16-12/h7-15,21H,16-17H2,1-6H3;2*8-11,16H,12-13H2,1-7H3;14-15H,7-13H2,1-6H3;7-11,15H,12-13H2,1-6H3;9-11H,7-8H2,1-6H3/t21-;2*16-;2*15-;11-/m111111/s1. The van der Waals surface area contributed by atoms with Crippen LogP contribution in [0.1, 0.15) is 365 Å². The molecular formula is C113H179NO6S. The van der Waals surface area contributed by atoms with Crippen molar-refractivity contribution in [2.45, 2.75) is 372 Å². The number of nitrogens with zero attached hydrogens (tertiary/aromatic N) is 1. The molecule has 6 atom stereocenters. The lowest BCUT2D eigenvalue weighted by Gasteiger charge is -2.33. The van der Waals surface area contributed by atoms with Crippen LogP contribution < -0.4 is 0 Å². The molecular weight excluding hydrogens is 1500 g/mol. The molecule has 0 saturated heterocycles. The van der Waals surface area contributed by atoms with Gasteiger partial charge in [-0.05, 0) is 156 Å². The number of rotatable bonds is 25. The van der Waals surface area contributed by atoms with Crippen LogP contribution in [0.3, 0.4) is 0 Å². The van der Waals surface area contributed by atoms with Gasteiger partial charge in [-0.3, -0.25) is 28.8 Å². The molecule has 678 valence electrons. The van der Waals surface area contributed by atoms with Crippen molar-refractivity contribution in [1.82, 2.24) is 4.98 Å². The Kier molecular flexibility index (Phi) is 43.4. The van der Waals surface area contributed by atoms with Crippen LogP contribution in [-0.2, 0) is 60.9 Å². The van der Waals surface area contributed by atoms with Crippen LogP contribution in [0.4, 0.5) is 0 Å². The summed E-state index contributed by atoms with van der Waals surface area (Å²) < 4.78 is 0. The third-order valence-corrected chi connectivity index (χ3v) is 22.8. The van der Waals surface area contributed by atoms with Crippen LogP contribution in [0.25, 0.3) is 11.1 Å². The first-order valence-electron chi connectivity index (χ1n) is 46.2. The Morgan fingerprint density at radius 2 is 0.521 bits per heavy atom. The highest BCUT2D eigenvalue weighted by Crippen LogP contribution is 2.41. The Morgan fingerprint density at radius 3 is 0.777 bits per heavy atom. The van der Waals surface area contributed by atoms with Gasteiger partial charge >= 0.3 is 0 Å². The summed E-state index contributed by atoms with van der Waals surface area (Å²) in [5, 5.41) is 2.05. The van der Waals surface area contributed by atoms with E-state index in [-0.39, 0.29) is 100 Å². The minimum atomic E-state index is -0.292. The lowest BCUT2D eigenvalue weighted by molar-refractivity contribution is -0.132. The van der Waals surface area contributed by atoms with Crippen molar-refractivity contribution in [3.63, 3.8) is 0 Å². The van der Waals surface area contributed by atoms with Crippen LogP contribution in [0, 0.1) is 120 Å². The second-order valence-corrected chi connectivity index (χ2v) is 50.4. The molecule has 0 spiro atoms. The lowest BCUT2D eigenvalue weighted by Crippen LogP contribution is -2.32. The maximum atomic E-state index is 12.9. The van der Waals surface area contributed by atoms with E-state index < -0.39 is 0 Å². The summed E-state index contributed by atoms with van der Waals surface area (Å²) in [4.78, 5) is 80.6. The van der Waals surface area contributed by atoms with E-state index in [2.05, 4.69) is 273 Å². The Balaban J connectivity index is 0.000000494. The summed E-state index contributed by atoms with van der Waals surface area (Å²) >= 11 is 1.60. The first kappa shape index (κ1) is 111. The highest BCUT2D eigenvalue weighted by molar-refractivity contribution is 7.07. The largest absolute Gasteiger partial charge is 0.299 e. The minimum Gasteiger partial charge on any atom is -0.299 e. The van der Waals surface area contributed by atoms with Crippen LogP contribution in [-0.4, -0.2) is 39.7 Å². The molecule has 7 nitrogen and oxygen atoms in total. The zero-order valence-corrected chi connectivity index (χ0v) is 85.5. The van der Waals surface area contributed by atoms with Gasteiger partial charge in [-0.15, -0.1) is 11.3 Å². The number of carbonyl (C=O) groups excluding carboxylic acids is 6. The van der Waals surface area contributed by atoms with Gasteiger partial charge in [0.2, 0.25) is 0 Å². The predicted molar refractivity (Wildman–Crippen MR) is 525 cm³/mol. The fraction of sp³-hybridized carbons (Fsp3) is 0.655. The maximum Gasteiger partial charge on any atom is 0.141 e. The highest BCUT2D eigenvalue weighted by Gasteiger charge is 2.39. The quantitative estimate of drug-likeness (QED) is 0.0561. The molecule has 121 heavy (non-hydrogen) atoms. The predicted octanol–water partition coefficient (Wildman–Crippen LogP) is 31.8. The first-order chi connectivity index (χ1) is 54.8. The summed E-state index contributed by atoms with van der Waals surface area (Å²) in [7, 11) is 0. The van der Waals surface area contributed by atoms with E-state index in [1.54, 1.807) is 11.3 Å². The summed E-state index contributed by atoms with van der Waals surface area (Å²) in [5.41, 5.74) is 12.5. The Bertz CT molecular complexity index is 3900. The molecule has 5 aromatic carbocycles. The number of thiazole rings is 1. The average Bonchev–Trinajstić information content (AvgIpc) is 1.25. The Morgan fingerprint density at radius 1 is 0.289 bits per heavy atom. The van der Waals surface area contributed by atoms with Gasteiger partial charge in [0.05, 0.1) is 11.2 Å². The van der Waals surface area contributed by atoms with Gasteiger partial charge in [0.25, 0.3) is 0 Å². The minimum absolute atomic E-state index is 0.0718. The second-order valence-electron chi connectivity index (χ2n) is 49.7. The van der Waals surface area contributed by atoms with E-state index >= 15 is 0 Å². The average molecular weight is 1680 g/mol. The SMILES string of the molecule is CC(C)(C)C[C@@H](CC1CCCCC1)C(=O)C(C)(C)C.CC(C)(C)C[C@@H](Cc1ccc(-c2ccccc2)cc1)C(=O)C(C)(C)C.CC(C)(C)C[C@@H](Cc1ccccc1)C(=O)C(C)(C)C.CC(C)(C)C[C@@H](Cc1cscn1)C(=O)C(C)(C)C.Cc1ccc(C[C@H](CC(C)(C)C)C(=O)C(C)(C)C)cc1.Cc1ccc(C[C@H](CC(C)(C)C)C(=O)C(C)(C)C)cc1. The topological polar surface area (TPSA) is 115 Å². The Labute approximate surface area is 748 Å². The van der Waals surface area contributed by atoms with Crippen molar-refractivity contribution < 1.29 is 28.8 Å². The van der Waals surface area contributed by atoms with Crippen molar-refractivity contribution >= 4 is 46.0 Å². The van der Waals surface area contributed by atoms with Crippen molar-refractivity contribution in [2.24, 2.45) is 106 Å². The number of ketones is 6. The number of aryl methyl sites for hydroxylation is 2. The summed E-state index contributed by atoms with van der Waals surface area (Å²) in [6.45, 7) is 80.7. The highest BCUT2D eigenvalue weighted by atomic mass is 32.1. The molecule has 7 rings (SSSR count). The number of aromatic nitrogens is 1. The van der Waals surface area contributed by atoms with Crippen molar-refractivity contribution in [1.29, 1.82) is 0 Å². The number of Topliss-reactive ketones (excluding diaryl/α,β-unsaturated/α-hetero) is 6. The van der Waals surface area contributed by atoms with E-state index in [0.29, 0.717) is 34.7 Å². The lowest BCUT2D eigenvalue weighted by atomic mass is 9.71. The van der Waals surface area contributed by atoms with Gasteiger partial charge in [-0.2, -0.15) is 0 Å². The zero-order chi connectivity index (χ0) is 93.1. The van der Waals surface area contributed by atoms with E-state index in [4.69, 9.17) is 0 Å². The summed E-state index contributed by atoms with van der Waals surface area (Å²) in [6.07, 6.45) is 17.8. The molecule has 0 aliphatic heterocycles. The summed E-state index contributed by atoms with van der Waals surface area (Å²) in [5.74, 6) is 3.89. The number of hydrogen-bond acceptors (Lipinski definition) is 8. The molecule has 1 fully saturated rings. The third-order valence-electron chi connectivity index (χ3n) is 22.2. The third kappa shape index (κ3) is 47.6. The molecule has 8 heteroatoms. The Hall–Kier alpha value is -6.25. The van der Waals surface area contributed by atoms with Gasteiger partial charge < -0.3 is 0 Å². The molecule has 1 aliphatic carbocycles. The second kappa shape index (κ2) is 47.4. The van der Waals surface area contributed by atoms with Crippen LogP contribution in [0.15, 0.2) is 144 Å². The normalized spacial score (nSPS) is 15.1. The number of hydrogen-bond donors (Lipinski definition) is 0. The van der Waals surface area contributed by atoms with Crippen LogP contribution in [0.5, 0.6) is 0 Å². The number of benzene rings is 5. The van der Waals surface area contributed by atoms with Gasteiger partial charge in [-0.25, -0.2) is 4.98 Å². The van der Waals surface area contributed by atoms with E-state index in [1.165, 1.54) is 76.6 Å². The molecule has 1 aromatic heterocycles. The maximum absolute atomic E-state index is 12.9. The van der Waals surface area contributed by atoms with Gasteiger partial charge in [0.15, 0.2) is 0 Å². The summed E-state index contributed by atoms with van der Waals surface area (Å²) in [6, 6.07) is 46.6. The van der Waals surface area contributed by atoms with E-state index in [9.17, 15) is 28.8 Å². The van der Waals surface area contributed by atoms with Gasteiger partial charge in [-0.1, -0.05) is 426 Å². The van der Waals surface area contributed by atoms with Crippen LogP contribution in [0.2, 0.25) is 0 Å². The molecule has 1 heterocycles. The molecule has 6 aromatic rings. The monoisotopic (exact) mass is 1680 g/mol. The first-order valence-corrected chi connectivity index (χ1v) is 47.2. The van der Waals surface area contributed by atoms with Gasteiger partial charge in [0, 0.05) is 79.8 Å². The smallest absolute Gasteiger partial charge is 0.141 e.